The van der Waals surface area contributed by atoms with Crippen molar-refractivity contribution in [3.8, 4) is 6.07 Å². The first-order chi connectivity index (χ1) is 9.42. The van der Waals surface area contributed by atoms with E-state index in [1.54, 1.807) is 28.6 Å². The Kier molecular flexibility index (Phi) is 4.43. The molecule has 0 bridgehead atoms. The molecule has 0 saturated carbocycles. The van der Waals surface area contributed by atoms with Crippen LogP contribution in [-0.4, -0.2) is 37.9 Å². The Labute approximate surface area is 120 Å². The minimum atomic E-state index is -3.36. The van der Waals surface area contributed by atoms with E-state index in [1.807, 2.05) is 19.9 Å². The molecule has 1 N–H and O–H groups in total. The highest BCUT2D eigenvalue weighted by molar-refractivity contribution is 7.88. The predicted molar refractivity (Wildman–Crippen MR) is 77.4 cm³/mol. The number of nitrogens with one attached hydrogen (secondary N) is 1. The molecule has 1 aliphatic heterocycles. The largest absolute Gasteiger partial charge is 0.311 e. The van der Waals surface area contributed by atoms with E-state index in [-0.39, 0.29) is 17.8 Å². The lowest BCUT2D eigenvalue weighted by Crippen LogP contribution is -2.56. The highest BCUT2D eigenvalue weighted by Gasteiger charge is 2.32. The van der Waals surface area contributed by atoms with Gasteiger partial charge < -0.3 is 5.32 Å². The summed E-state index contributed by atoms with van der Waals surface area (Å²) in [7, 11) is -3.36. The van der Waals surface area contributed by atoms with Crippen LogP contribution in [0.3, 0.4) is 0 Å². The Morgan fingerprint density at radius 1 is 1.45 bits per heavy atom. The molecule has 1 aromatic carbocycles. The number of benzene rings is 1. The first-order valence-electron chi connectivity index (χ1n) is 6.64. The van der Waals surface area contributed by atoms with Crippen molar-refractivity contribution in [2.75, 3.05) is 13.1 Å². The fraction of sp³-hybridized carbons (Fsp3) is 0.500. The highest BCUT2D eigenvalue weighted by Crippen LogP contribution is 2.17. The topological polar surface area (TPSA) is 73.2 Å². The van der Waals surface area contributed by atoms with Crippen LogP contribution in [0.4, 0.5) is 0 Å². The number of rotatable bonds is 3. The summed E-state index contributed by atoms with van der Waals surface area (Å²) in [5.41, 5.74) is 1.14. The normalized spacial score (nSPS) is 24.2. The van der Waals surface area contributed by atoms with Crippen molar-refractivity contribution in [3.63, 3.8) is 0 Å². The van der Waals surface area contributed by atoms with Crippen molar-refractivity contribution in [2.24, 2.45) is 0 Å². The molecule has 1 saturated heterocycles. The maximum absolute atomic E-state index is 12.5. The molecular formula is C14H19N3O2S. The summed E-state index contributed by atoms with van der Waals surface area (Å²) >= 11 is 0. The zero-order valence-corrected chi connectivity index (χ0v) is 12.5. The summed E-state index contributed by atoms with van der Waals surface area (Å²) in [4.78, 5) is 0. The molecule has 6 heteroatoms. The number of nitriles is 1. The van der Waals surface area contributed by atoms with Gasteiger partial charge in [0.1, 0.15) is 0 Å². The number of piperazine rings is 1. The smallest absolute Gasteiger partial charge is 0.218 e. The van der Waals surface area contributed by atoms with Gasteiger partial charge in [0, 0.05) is 25.2 Å². The monoisotopic (exact) mass is 293 g/mol. The third-order valence-corrected chi connectivity index (χ3v) is 5.39. The van der Waals surface area contributed by atoms with E-state index in [1.165, 1.54) is 0 Å². The molecule has 0 aliphatic carbocycles. The Bertz CT molecular complexity index is 622. The van der Waals surface area contributed by atoms with Gasteiger partial charge in [-0.3, -0.25) is 0 Å². The Morgan fingerprint density at radius 2 is 2.20 bits per heavy atom. The van der Waals surface area contributed by atoms with E-state index in [9.17, 15) is 8.42 Å². The fourth-order valence-electron chi connectivity index (χ4n) is 2.40. The minimum Gasteiger partial charge on any atom is -0.311 e. The number of hydrogen-bond acceptors (Lipinski definition) is 4. The Morgan fingerprint density at radius 3 is 2.90 bits per heavy atom. The molecule has 1 aliphatic rings. The zero-order chi connectivity index (χ0) is 14.8. The molecule has 108 valence electrons. The molecule has 0 radical (unpaired) electrons. The van der Waals surface area contributed by atoms with Gasteiger partial charge in [0.05, 0.1) is 17.4 Å². The second-order valence-corrected chi connectivity index (χ2v) is 7.22. The van der Waals surface area contributed by atoms with Crippen LogP contribution in [0.2, 0.25) is 0 Å². The van der Waals surface area contributed by atoms with Crippen molar-refractivity contribution in [3.05, 3.63) is 35.4 Å². The molecule has 2 unspecified atom stereocenters. The molecule has 5 nitrogen and oxygen atoms in total. The van der Waals surface area contributed by atoms with E-state index in [0.29, 0.717) is 24.2 Å². The van der Waals surface area contributed by atoms with E-state index in [4.69, 9.17) is 5.26 Å². The Hall–Kier alpha value is -1.42. The average molecular weight is 293 g/mol. The van der Waals surface area contributed by atoms with Crippen molar-refractivity contribution in [2.45, 2.75) is 31.7 Å². The second kappa shape index (κ2) is 5.92. The van der Waals surface area contributed by atoms with Crippen LogP contribution in [0.25, 0.3) is 0 Å². The quantitative estimate of drug-likeness (QED) is 0.905. The van der Waals surface area contributed by atoms with Gasteiger partial charge in [-0.2, -0.15) is 9.57 Å². The van der Waals surface area contributed by atoms with Crippen LogP contribution in [-0.2, 0) is 15.8 Å². The molecule has 1 fully saturated rings. The van der Waals surface area contributed by atoms with Gasteiger partial charge in [-0.05, 0) is 31.5 Å². The van der Waals surface area contributed by atoms with Crippen LogP contribution in [0.1, 0.15) is 25.0 Å². The number of nitrogens with zero attached hydrogens (tertiary/aromatic N) is 2. The zero-order valence-electron chi connectivity index (χ0n) is 11.7. The average Bonchev–Trinajstić information content (AvgIpc) is 2.41. The van der Waals surface area contributed by atoms with E-state index in [0.717, 1.165) is 0 Å². The van der Waals surface area contributed by atoms with Gasteiger partial charge in [-0.15, -0.1) is 0 Å². The summed E-state index contributed by atoms with van der Waals surface area (Å²) < 4.78 is 26.6. The van der Waals surface area contributed by atoms with Gasteiger partial charge in [-0.25, -0.2) is 8.42 Å². The summed E-state index contributed by atoms with van der Waals surface area (Å²) in [6, 6.07) is 8.91. The van der Waals surface area contributed by atoms with Crippen LogP contribution in [0.5, 0.6) is 0 Å². The summed E-state index contributed by atoms with van der Waals surface area (Å²) in [6.45, 7) is 5.03. The fourth-order valence-corrected chi connectivity index (χ4v) is 4.24. The van der Waals surface area contributed by atoms with Gasteiger partial charge in [0.15, 0.2) is 0 Å². The number of hydrogen-bond donors (Lipinski definition) is 1. The first kappa shape index (κ1) is 15.0. The molecule has 1 heterocycles. The maximum atomic E-state index is 12.5. The first-order valence-corrected chi connectivity index (χ1v) is 8.25. The van der Waals surface area contributed by atoms with Crippen molar-refractivity contribution < 1.29 is 8.42 Å². The standard InChI is InChI=1S/C14H19N3O2S/c1-11-9-17(12(2)8-16-11)20(18,19)10-14-5-3-4-13(6-14)7-15/h3-6,11-12,16H,8-10H2,1-2H3. The predicted octanol–water partition coefficient (Wildman–Crippen LogP) is 1.07. The molecule has 20 heavy (non-hydrogen) atoms. The molecule has 2 rings (SSSR count). The van der Waals surface area contributed by atoms with Crippen LogP contribution in [0, 0.1) is 11.3 Å². The van der Waals surface area contributed by atoms with Crippen molar-refractivity contribution in [1.82, 2.24) is 9.62 Å². The molecular weight excluding hydrogens is 274 g/mol. The maximum Gasteiger partial charge on any atom is 0.218 e. The summed E-state index contributed by atoms with van der Waals surface area (Å²) in [5.74, 6) is -0.0560. The lowest BCUT2D eigenvalue weighted by molar-refractivity contribution is 0.244. The van der Waals surface area contributed by atoms with Crippen LogP contribution >= 0.6 is 0 Å². The van der Waals surface area contributed by atoms with Crippen molar-refractivity contribution >= 4 is 10.0 Å². The summed E-state index contributed by atoms with van der Waals surface area (Å²) in [6.07, 6.45) is 0. The van der Waals surface area contributed by atoms with Gasteiger partial charge in [0.25, 0.3) is 0 Å². The molecule has 0 spiro atoms. The molecule has 0 amide bonds. The third kappa shape index (κ3) is 3.37. The molecule has 2 atom stereocenters. The van der Waals surface area contributed by atoms with Gasteiger partial charge >= 0.3 is 0 Å². The SMILES string of the molecule is CC1CN(S(=O)(=O)Cc2cccc(C#N)c2)C(C)CN1. The summed E-state index contributed by atoms with van der Waals surface area (Å²) in [5, 5.41) is 12.1. The number of sulfonamides is 1. The third-order valence-electron chi connectivity index (χ3n) is 3.47. The van der Waals surface area contributed by atoms with Crippen LogP contribution in [0.15, 0.2) is 24.3 Å². The van der Waals surface area contributed by atoms with Gasteiger partial charge in [0.2, 0.25) is 10.0 Å². The van der Waals surface area contributed by atoms with Crippen LogP contribution < -0.4 is 5.32 Å². The van der Waals surface area contributed by atoms with Gasteiger partial charge in [-0.1, -0.05) is 12.1 Å². The lowest BCUT2D eigenvalue weighted by Gasteiger charge is -2.36. The highest BCUT2D eigenvalue weighted by atomic mass is 32.2. The van der Waals surface area contributed by atoms with Crippen molar-refractivity contribution in [1.29, 1.82) is 5.26 Å². The second-order valence-electron chi connectivity index (χ2n) is 5.30. The minimum absolute atomic E-state index is 0.0460. The molecule has 1 aromatic rings. The lowest BCUT2D eigenvalue weighted by atomic mass is 10.2. The Balaban J connectivity index is 2.20. The van der Waals surface area contributed by atoms with E-state index >= 15 is 0 Å². The van der Waals surface area contributed by atoms with E-state index in [2.05, 4.69) is 5.32 Å². The molecule has 0 aromatic heterocycles. The van der Waals surface area contributed by atoms with E-state index < -0.39 is 10.0 Å².